The maximum Gasteiger partial charge on any atom is 0.242 e. The minimum absolute atomic E-state index is 0.130. The summed E-state index contributed by atoms with van der Waals surface area (Å²) in [7, 11) is 1.59. The number of hydrogen-bond acceptors (Lipinski definition) is 2. The number of carbonyl (C=O) groups is 2. The predicted molar refractivity (Wildman–Crippen MR) is 130 cm³/mol. The molecule has 0 aromatic heterocycles. The molecule has 1 N–H and O–H groups in total. The molecule has 6 heteroatoms. The third-order valence-corrected chi connectivity index (χ3v) is 6.12. The van der Waals surface area contributed by atoms with Gasteiger partial charge < -0.3 is 10.2 Å². The number of aryl methyl sites for hydroxylation is 1. The van der Waals surface area contributed by atoms with Gasteiger partial charge in [0.1, 0.15) is 6.04 Å². The van der Waals surface area contributed by atoms with Crippen molar-refractivity contribution in [3.05, 3.63) is 106 Å². The van der Waals surface area contributed by atoms with E-state index in [1.165, 1.54) is 0 Å². The standard InChI is InChI=1S/C26H26Cl2N2O2/c1-29-26(32)24(17-19-9-3-2-4-10-19)30(18-21-12-6-8-14-23(21)28)25(31)16-15-20-11-5-7-13-22(20)27/h2-14,24H,15-18H2,1H3,(H,29,32)/t24-/m0/s1. The Morgan fingerprint density at radius 3 is 2.00 bits per heavy atom. The molecule has 2 amide bonds. The van der Waals surface area contributed by atoms with E-state index in [9.17, 15) is 9.59 Å². The van der Waals surface area contributed by atoms with Crippen molar-refractivity contribution in [3.63, 3.8) is 0 Å². The van der Waals surface area contributed by atoms with Gasteiger partial charge in [0.2, 0.25) is 11.8 Å². The van der Waals surface area contributed by atoms with Crippen molar-refractivity contribution in [1.29, 1.82) is 0 Å². The fourth-order valence-electron chi connectivity index (χ4n) is 3.62. The van der Waals surface area contributed by atoms with E-state index in [1.54, 1.807) is 18.0 Å². The molecular formula is C26H26Cl2N2O2. The van der Waals surface area contributed by atoms with Crippen LogP contribution in [0, 0.1) is 0 Å². The highest BCUT2D eigenvalue weighted by atomic mass is 35.5. The number of likely N-dealkylation sites (N-methyl/N-ethyl adjacent to an activating group) is 1. The lowest BCUT2D eigenvalue weighted by Gasteiger charge is -2.31. The van der Waals surface area contributed by atoms with E-state index in [0.29, 0.717) is 22.9 Å². The van der Waals surface area contributed by atoms with Gasteiger partial charge in [0, 0.05) is 36.5 Å². The summed E-state index contributed by atoms with van der Waals surface area (Å²) in [6.45, 7) is 0.242. The maximum atomic E-state index is 13.5. The van der Waals surface area contributed by atoms with Crippen molar-refractivity contribution < 1.29 is 9.59 Å². The van der Waals surface area contributed by atoms with Crippen LogP contribution in [0.25, 0.3) is 0 Å². The lowest BCUT2D eigenvalue weighted by molar-refractivity contribution is -0.141. The van der Waals surface area contributed by atoms with Crippen molar-refractivity contribution >= 4 is 35.0 Å². The summed E-state index contributed by atoms with van der Waals surface area (Å²) in [5.74, 6) is -0.346. The highest BCUT2D eigenvalue weighted by Gasteiger charge is 2.30. The first-order valence-electron chi connectivity index (χ1n) is 10.5. The van der Waals surface area contributed by atoms with Crippen molar-refractivity contribution in [2.24, 2.45) is 0 Å². The molecule has 0 spiro atoms. The molecule has 0 radical (unpaired) electrons. The van der Waals surface area contributed by atoms with E-state index in [-0.39, 0.29) is 24.8 Å². The number of nitrogens with one attached hydrogen (secondary N) is 1. The molecule has 1 atom stereocenters. The van der Waals surface area contributed by atoms with Crippen LogP contribution < -0.4 is 5.32 Å². The number of benzene rings is 3. The fourth-order valence-corrected chi connectivity index (χ4v) is 4.04. The quantitative estimate of drug-likeness (QED) is 0.462. The molecule has 32 heavy (non-hydrogen) atoms. The van der Waals surface area contributed by atoms with Gasteiger partial charge in [0.15, 0.2) is 0 Å². The van der Waals surface area contributed by atoms with E-state index in [1.807, 2.05) is 72.8 Å². The van der Waals surface area contributed by atoms with E-state index in [4.69, 9.17) is 23.2 Å². The van der Waals surface area contributed by atoms with E-state index in [0.717, 1.165) is 16.7 Å². The summed E-state index contributed by atoms with van der Waals surface area (Å²) in [6.07, 6.45) is 1.13. The Hall–Kier alpha value is -2.82. The Morgan fingerprint density at radius 2 is 1.41 bits per heavy atom. The molecule has 3 aromatic rings. The van der Waals surface area contributed by atoms with Crippen LogP contribution in [-0.4, -0.2) is 29.8 Å². The first-order chi connectivity index (χ1) is 15.5. The summed E-state index contributed by atoms with van der Waals surface area (Å²) in [5.41, 5.74) is 2.67. The molecule has 3 aromatic carbocycles. The fraction of sp³-hybridized carbons (Fsp3) is 0.231. The summed E-state index contributed by atoms with van der Waals surface area (Å²) >= 11 is 12.7. The lowest BCUT2D eigenvalue weighted by Crippen LogP contribution is -2.49. The van der Waals surface area contributed by atoms with E-state index < -0.39 is 6.04 Å². The van der Waals surface area contributed by atoms with Gasteiger partial charge in [-0.15, -0.1) is 0 Å². The van der Waals surface area contributed by atoms with Gasteiger partial charge in [-0.05, 0) is 35.2 Å². The molecule has 0 aliphatic heterocycles. The first kappa shape index (κ1) is 23.8. The number of rotatable bonds is 9. The zero-order valence-electron chi connectivity index (χ0n) is 17.9. The van der Waals surface area contributed by atoms with Gasteiger partial charge in [-0.1, -0.05) is 89.9 Å². The zero-order chi connectivity index (χ0) is 22.9. The average molecular weight is 469 g/mol. The third kappa shape index (κ3) is 6.35. The molecule has 166 valence electrons. The molecule has 0 aliphatic carbocycles. The van der Waals surface area contributed by atoms with Gasteiger partial charge in [-0.3, -0.25) is 9.59 Å². The van der Waals surface area contributed by atoms with Gasteiger partial charge >= 0.3 is 0 Å². The highest BCUT2D eigenvalue weighted by molar-refractivity contribution is 6.31. The SMILES string of the molecule is CNC(=O)[C@H](Cc1ccccc1)N(Cc1ccccc1Cl)C(=O)CCc1ccccc1Cl. The van der Waals surface area contributed by atoms with Crippen molar-refractivity contribution in [2.45, 2.75) is 31.8 Å². The molecule has 0 bridgehead atoms. The molecular weight excluding hydrogens is 443 g/mol. The monoisotopic (exact) mass is 468 g/mol. The van der Waals surface area contributed by atoms with Gasteiger partial charge in [-0.2, -0.15) is 0 Å². The van der Waals surface area contributed by atoms with Crippen LogP contribution in [0.1, 0.15) is 23.1 Å². The van der Waals surface area contributed by atoms with Gasteiger partial charge in [0.25, 0.3) is 0 Å². The number of amides is 2. The smallest absolute Gasteiger partial charge is 0.242 e. The average Bonchev–Trinajstić information content (AvgIpc) is 2.82. The molecule has 0 heterocycles. The van der Waals surface area contributed by atoms with Crippen LogP contribution in [0.3, 0.4) is 0 Å². The second-order valence-corrected chi connectivity index (χ2v) is 8.34. The Kier molecular flexibility index (Phi) is 8.72. The molecule has 0 saturated heterocycles. The molecule has 0 saturated carbocycles. The number of halogens is 2. The van der Waals surface area contributed by atoms with Crippen LogP contribution in [-0.2, 0) is 29.0 Å². The first-order valence-corrected chi connectivity index (χ1v) is 11.3. The van der Waals surface area contributed by atoms with E-state index in [2.05, 4.69) is 5.32 Å². The summed E-state index contributed by atoms with van der Waals surface area (Å²) in [5, 5.41) is 3.91. The van der Waals surface area contributed by atoms with E-state index >= 15 is 0 Å². The normalized spacial score (nSPS) is 11.6. The summed E-state index contributed by atoms with van der Waals surface area (Å²) in [4.78, 5) is 28.0. The topological polar surface area (TPSA) is 49.4 Å². The number of nitrogens with zero attached hydrogens (tertiary/aromatic N) is 1. The summed E-state index contributed by atoms with van der Waals surface area (Å²) in [6, 6.07) is 23.9. The van der Waals surface area contributed by atoms with Crippen LogP contribution >= 0.6 is 23.2 Å². The number of carbonyl (C=O) groups excluding carboxylic acids is 2. The summed E-state index contributed by atoms with van der Waals surface area (Å²) < 4.78 is 0. The number of hydrogen-bond donors (Lipinski definition) is 1. The zero-order valence-corrected chi connectivity index (χ0v) is 19.4. The van der Waals surface area contributed by atoms with Crippen LogP contribution in [0.15, 0.2) is 78.9 Å². The molecule has 0 fully saturated rings. The van der Waals surface area contributed by atoms with Gasteiger partial charge in [0.05, 0.1) is 0 Å². The van der Waals surface area contributed by atoms with Crippen molar-refractivity contribution in [2.75, 3.05) is 7.05 Å². The highest BCUT2D eigenvalue weighted by Crippen LogP contribution is 2.22. The van der Waals surface area contributed by atoms with Crippen molar-refractivity contribution in [3.8, 4) is 0 Å². The maximum absolute atomic E-state index is 13.5. The molecule has 3 rings (SSSR count). The van der Waals surface area contributed by atoms with Gasteiger partial charge in [-0.25, -0.2) is 0 Å². The Labute approximate surface area is 199 Å². The molecule has 0 aliphatic rings. The van der Waals surface area contributed by atoms with Crippen LogP contribution in [0.4, 0.5) is 0 Å². The molecule has 0 unspecified atom stereocenters. The minimum Gasteiger partial charge on any atom is -0.357 e. The Balaban J connectivity index is 1.89. The minimum atomic E-state index is -0.669. The van der Waals surface area contributed by atoms with Crippen LogP contribution in [0.5, 0.6) is 0 Å². The van der Waals surface area contributed by atoms with Crippen molar-refractivity contribution in [1.82, 2.24) is 10.2 Å². The Morgan fingerprint density at radius 1 is 0.844 bits per heavy atom. The van der Waals surface area contributed by atoms with Crippen LogP contribution in [0.2, 0.25) is 10.0 Å². The Bertz CT molecular complexity index is 1060. The molecule has 4 nitrogen and oxygen atoms in total. The largest absolute Gasteiger partial charge is 0.357 e. The predicted octanol–water partition coefficient (Wildman–Crippen LogP) is 5.31. The third-order valence-electron chi connectivity index (χ3n) is 5.38. The second kappa shape index (κ2) is 11.7. The second-order valence-electron chi connectivity index (χ2n) is 7.52. The lowest BCUT2D eigenvalue weighted by atomic mass is 10.0.